The van der Waals surface area contributed by atoms with Gasteiger partial charge in [-0.05, 0) is 18.6 Å². The van der Waals surface area contributed by atoms with Crippen LogP contribution in [0.1, 0.15) is 18.2 Å². The number of pyridine rings is 1. The lowest BCUT2D eigenvalue weighted by molar-refractivity contribution is 1.000. The molecule has 0 saturated heterocycles. The fourth-order valence-corrected chi connectivity index (χ4v) is 1.64. The van der Waals surface area contributed by atoms with Gasteiger partial charge in [-0.2, -0.15) is 15.5 Å². The van der Waals surface area contributed by atoms with Crippen LogP contribution in [-0.2, 0) is 6.42 Å². The van der Waals surface area contributed by atoms with Gasteiger partial charge in [-0.1, -0.05) is 6.92 Å². The van der Waals surface area contributed by atoms with E-state index in [9.17, 15) is 4.79 Å². The molecule has 0 spiro atoms. The maximum atomic E-state index is 11.5. The van der Waals surface area contributed by atoms with Gasteiger partial charge in [-0.3, -0.25) is 4.79 Å². The molecule has 0 aromatic carbocycles. The summed E-state index contributed by atoms with van der Waals surface area (Å²) >= 11 is 0. The number of rotatable bonds is 2. The van der Waals surface area contributed by atoms with E-state index in [-0.39, 0.29) is 11.1 Å². The van der Waals surface area contributed by atoms with Crippen LogP contribution in [0.2, 0.25) is 0 Å². The van der Waals surface area contributed by atoms with Crippen LogP contribution in [-0.4, -0.2) is 15.2 Å². The molecule has 0 atom stereocenters. The topological polar surface area (TPSA) is 82.4 Å². The summed E-state index contributed by atoms with van der Waals surface area (Å²) in [4.78, 5) is 14.2. The molecule has 2 aromatic rings. The van der Waals surface area contributed by atoms with Crippen molar-refractivity contribution in [1.29, 1.82) is 5.26 Å². The van der Waals surface area contributed by atoms with E-state index in [0.717, 1.165) is 16.8 Å². The second-order valence-corrected chi connectivity index (χ2v) is 3.50. The summed E-state index contributed by atoms with van der Waals surface area (Å²) < 4.78 is 0. The van der Waals surface area contributed by atoms with E-state index in [1.54, 1.807) is 24.5 Å². The standard InChI is InChI=1S/C12H10N4O/c1-2-11-10(8-3-4-14-15-7-8)5-9(6-13)12(17)16-11/h3-5,7H,2H2,1H3,(H,16,17). The molecule has 0 unspecified atom stereocenters. The Labute approximate surface area is 97.8 Å². The zero-order valence-corrected chi connectivity index (χ0v) is 9.27. The highest BCUT2D eigenvalue weighted by molar-refractivity contribution is 5.66. The van der Waals surface area contributed by atoms with Crippen LogP contribution in [0.3, 0.4) is 0 Å². The van der Waals surface area contributed by atoms with Gasteiger partial charge in [-0.25, -0.2) is 0 Å². The number of aryl methyl sites for hydroxylation is 1. The number of hydrogen-bond donors (Lipinski definition) is 1. The minimum Gasteiger partial charge on any atom is -0.324 e. The Morgan fingerprint density at radius 2 is 2.29 bits per heavy atom. The third-order valence-electron chi connectivity index (χ3n) is 2.49. The first-order chi connectivity index (χ1) is 8.26. The molecule has 2 heterocycles. The lowest BCUT2D eigenvalue weighted by Crippen LogP contribution is -2.13. The van der Waals surface area contributed by atoms with Crippen molar-refractivity contribution in [3.8, 4) is 17.2 Å². The SMILES string of the molecule is CCc1[nH]c(=O)c(C#N)cc1-c1ccnnc1. The van der Waals surface area contributed by atoms with Crippen molar-refractivity contribution in [3.63, 3.8) is 0 Å². The van der Waals surface area contributed by atoms with Crippen LogP contribution >= 0.6 is 0 Å². The zero-order valence-electron chi connectivity index (χ0n) is 9.27. The minimum atomic E-state index is -0.352. The van der Waals surface area contributed by atoms with Crippen LogP contribution in [0.4, 0.5) is 0 Å². The second-order valence-electron chi connectivity index (χ2n) is 3.50. The maximum absolute atomic E-state index is 11.5. The van der Waals surface area contributed by atoms with Crippen molar-refractivity contribution in [3.05, 3.63) is 46.1 Å². The van der Waals surface area contributed by atoms with Crippen molar-refractivity contribution in [2.45, 2.75) is 13.3 Å². The van der Waals surface area contributed by atoms with Gasteiger partial charge in [0.1, 0.15) is 11.6 Å². The highest BCUT2D eigenvalue weighted by Gasteiger charge is 2.09. The van der Waals surface area contributed by atoms with Gasteiger partial charge in [0.15, 0.2) is 0 Å². The van der Waals surface area contributed by atoms with Crippen LogP contribution in [0.25, 0.3) is 11.1 Å². The van der Waals surface area contributed by atoms with E-state index >= 15 is 0 Å². The molecule has 1 N–H and O–H groups in total. The van der Waals surface area contributed by atoms with Crippen molar-refractivity contribution >= 4 is 0 Å². The predicted octanol–water partition coefficient (Wildman–Crippen LogP) is 1.27. The monoisotopic (exact) mass is 226 g/mol. The summed E-state index contributed by atoms with van der Waals surface area (Å²) in [6, 6.07) is 5.26. The molecular weight excluding hydrogens is 216 g/mol. The molecule has 2 rings (SSSR count). The Balaban J connectivity index is 2.69. The highest BCUT2D eigenvalue weighted by atomic mass is 16.1. The largest absolute Gasteiger partial charge is 0.324 e. The molecule has 0 bridgehead atoms. The average molecular weight is 226 g/mol. The molecule has 0 amide bonds. The Bertz CT molecular complexity index is 625. The number of hydrogen-bond acceptors (Lipinski definition) is 4. The Morgan fingerprint density at radius 1 is 1.47 bits per heavy atom. The number of H-pyrrole nitrogens is 1. The zero-order chi connectivity index (χ0) is 12.3. The van der Waals surface area contributed by atoms with Crippen LogP contribution < -0.4 is 5.56 Å². The first-order valence-electron chi connectivity index (χ1n) is 5.19. The van der Waals surface area contributed by atoms with Crippen LogP contribution in [0.15, 0.2) is 29.3 Å². The Morgan fingerprint density at radius 3 is 2.88 bits per heavy atom. The Hall–Kier alpha value is -2.48. The van der Waals surface area contributed by atoms with Crippen molar-refractivity contribution < 1.29 is 0 Å². The molecule has 5 heteroatoms. The Kier molecular flexibility index (Phi) is 2.97. The minimum absolute atomic E-state index is 0.106. The van der Waals surface area contributed by atoms with E-state index in [4.69, 9.17) is 5.26 Å². The number of aromatic amines is 1. The molecule has 0 saturated carbocycles. The molecule has 0 radical (unpaired) electrons. The molecule has 0 fully saturated rings. The lowest BCUT2D eigenvalue weighted by atomic mass is 10.0. The van der Waals surface area contributed by atoms with Gasteiger partial charge in [0, 0.05) is 16.8 Å². The van der Waals surface area contributed by atoms with Gasteiger partial charge >= 0.3 is 0 Å². The first-order valence-corrected chi connectivity index (χ1v) is 5.19. The molecule has 2 aromatic heterocycles. The highest BCUT2D eigenvalue weighted by Crippen LogP contribution is 2.21. The number of nitrogens with one attached hydrogen (secondary N) is 1. The van der Waals surface area contributed by atoms with E-state index < -0.39 is 0 Å². The van der Waals surface area contributed by atoms with Gasteiger partial charge in [0.05, 0.1) is 12.4 Å². The molecule has 84 valence electrons. The quantitative estimate of drug-likeness (QED) is 0.835. The van der Waals surface area contributed by atoms with Crippen molar-refractivity contribution in [2.75, 3.05) is 0 Å². The second kappa shape index (κ2) is 4.58. The van der Waals surface area contributed by atoms with Crippen molar-refractivity contribution in [2.24, 2.45) is 0 Å². The average Bonchev–Trinajstić information content (AvgIpc) is 2.39. The third kappa shape index (κ3) is 2.06. The van der Waals surface area contributed by atoms with E-state index in [2.05, 4.69) is 15.2 Å². The normalized spacial score (nSPS) is 9.88. The summed E-state index contributed by atoms with van der Waals surface area (Å²) in [5.74, 6) is 0. The first kappa shape index (κ1) is 11.0. The van der Waals surface area contributed by atoms with Gasteiger partial charge in [-0.15, -0.1) is 0 Å². The number of aromatic nitrogens is 3. The van der Waals surface area contributed by atoms with Gasteiger partial charge in [0.2, 0.25) is 0 Å². The number of nitrogens with zero attached hydrogens (tertiary/aromatic N) is 3. The fourth-order valence-electron chi connectivity index (χ4n) is 1.64. The van der Waals surface area contributed by atoms with Gasteiger partial charge in [0.25, 0.3) is 5.56 Å². The van der Waals surface area contributed by atoms with E-state index in [1.807, 2.05) is 13.0 Å². The molecule has 17 heavy (non-hydrogen) atoms. The summed E-state index contributed by atoms with van der Waals surface area (Å²) in [6.45, 7) is 1.94. The summed E-state index contributed by atoms with van der Waals surface area (Å²) in [5.41, 5.74) is 2.20. The lowest BCUT2D eigenvalue weighted by Gasteiger charge is -2.07. The predicted molar refractivity (Wildman–Crippen MR) is 62.2 cm³/mol. The maximum Gasteiger partial charge on any atom is 0.266 e. The molecular formula is C12H10N4O. The van der Waals surface area contributed by atoms with E-state index in [0.29, 0.717) is 6.42 Å². The number of nitriles is 1. The van der Waals surface area contributed by atoms with Crippen LogP contribution in [0, 0.1) is 11.3 Å². The fraction of sp³-hybridized carbons (Fsp3) is 0.167. The molecule has 0 aliphatic rings. The summed E-state index contributed by atoms with van der Waals surface area (Å²) in [7, 11) is 0. The molecule has 5 nitrogen and oxygen atoms in total. The van der Waals surface area contributed by atoms with E-state index in [1.165, 1.54) is 0 Å². The summed E-state index contributed by atoms with van der Waals surface area (Å²) in [5, 5.41) is 16.3. The van der Waals surface area contributed by atoms with Crippen LogP contribution in [0.5, 0.6) is 0 Å². The third-order valence-corrected chi connectivity index (χ3v) is 2.49. The molecule has 0 aliphatic carbocycles. The summed E-state index contributed by atoms with van der Waals surface area (Å²) in [6.07, 6.45) is 3.86. The smallest absolute Gasteiger partial charge is 0.266 e. The van der Waals surface area contributed by atoms with Crippen molar-refractivity contribution in [1.82, 2.24) is 15.2 Å². The molecule has 0 aliphatic heterocycles. The van der Waals surface area contributed by atoms with Gasteiger partial charge < -0.3 is 4.98 Å².